The Hall–Kier alpha value is -1.68. The molecule has 0 atom stereocenters. The predicted octanol–water partition coefficient (Wildman–Crippen LogP) is 3.47. The molecule has 0 spiro atoms. The molecular formula is C18H26N4. The molecule has 1 saturated carbocycles. The van der Waals surface area contributed by atoms with Crippen molar-refractivity contribution < 1.29 is 0 Å². The van der Waals surface area contributed by atoms with Crippen LogP contribution in [0.3, 0.4) is 0 Å². The number of aryl methyl sites for hydroxylation is 1. The molecule has 0 radical (unpaired) electrons. The molecule has 2 aromatic rings. The maximum atomic E-state index is 4.48. The minimum atomic E-state index is 0.380. The Bertz CT molecular complexity index is 645. The van der Waals surface area contributed by atoms with E-state index in [1.165, 1.54) is 31.2 Å². The molecule has 0 saturated heterocycles. The number of hydrogen-bond acceptors (Lipinski definition) is 4. The fourth-order valence-electron chi connectivity index (χ4n) is 3.83. The van der Waals surface area contributed by atoms with Crippen LogP contribution >= 0.6 is 0 Å². The average molecular weight is 298 g/mol. The van der Waals surface area contributed by atoms with E-state index in [0.717, 1.165) is 29.8 Å². The second-order valence-corrected chi connectivity index (χ2v) is 6.99. The third-order valence-corrected chi connectivity index (χ3v) is 4.81. The normalized spacial score (nSPS) is 17.3. The second-order valence-electron chi connectivity index (χ2n) is 6.99. The van der Waals surface area contributed by atoms with E-state index in [4.69, 9.17) is 0 Å². The fourth-order valence-corrected chi connectivity index (χ4v) is 3.83. The Labute approximate surface area is 133 Å². The number of aromatic nitrogens is 2. The number of nitrogens with zero attached hydrogens (tertiary/aromatic N) is 3. The van der Waals surface area contributed by atoms with Crippen molar-refractivity contribution in [1.82, 2.24) is 14.9 Å². The lowest BCUT2D eigenvalue weighted by molar-refractivity contribution is 0.215. The zero-order valence-corrected chi connectivity index (χ0v) is 13.9. The molecule has 1 heterocycles. The first-order chi connectivity index (χ1) is 10.6. The highest BCUT2D eigenvalue weighted by Gasteiger charge is 2.34. The van der Waals surface area contributed by atoms with E-state index in [1.807, 2.05) is 0 Å². The molecule has 0 aliphatic heterocycles. The quantitative estimate of drug-likeness (QED) is 0.917. The van der Waals surface area contributed by atoms with Crippen molar-refractivity contribution in [1.29, 1.82) is 0 Å². The molecule has 0 bridgehead atoms. The Morgan fingerprint density at radius 1 is 1.18 bits per heavy atom. The highest BCUT2D eigenvalue weighted by molar-refractivity contribution is 5.90. The maximum Gasteiger partial charge on any atom is 0.137 e. The Morgan fingerprint density at radius 2 is 1.95 bits per heavy atom. The molecule has 3 rings (SSSR count). The monoisotopic (exact) mass is 298 g/mol. The number of para-hydroxylation sites is 1. The van der Waals surface area contributed by atoms with Crippen molar-refractivity contribution in [2.24, 2.45) is 5.41 Å². The smallest absolute Gasteiger partial charge is 0.137 e. The van der Waals surface area contributed by atoms with Crippen LogP contribution in [-0.2, 0) is 0 Å². The van der Waals surface area contributed by atoms with E-state index in [9.17, 15) is 0 Å². The van der Waals surface area contributed by atoms with Crippen LogP contribution in [-0.4, -0.2) is 42.1 Å². The van der Waals surface area contributed by atoms with Gasteiger partial charge in [-0.3, -0.25) is 0 Å². The van der Waals surface area contributed by atoms with Gasteiger partial charge in [0.1, 0.15) is 12.1 Å². The molecule has 118 valence electrons. The summed E-state index contributed by atoms with van der Waals surface area (Å²) in [6.07, 6.45) is 6.98. The Kier molecular flexibility index (Phi) is 4.30. The third kappa shape index (κ3) is 3.07. The number of nitrogens with one attached hydrogen (secondary N) is 1. The topological polar surface area (TPSA) is 41.0 Å². The van der Waals surface area contributed by atoms with Gasteiger partial charge in [0.05, 0.1) is 5.52 Å². The van der Waals surface area contributed by atoms with Crippen molar-refractivity contribution >= 4 is 16.7 Å². The molecule has 22 heavy (non-hydrogen) atoms. The minimum absolute atomic E-state index is 0.380. The van der Waals surface area contributed by atoms with Gasteiger partial charge in [0.25, 0.3) is 0 Å². The van der Waals surface area contributed by atoms with Crippen LogP contribution in [0, 0.1) is 12.3 Å². The predicted molar refractivity (Wildman–Crippen MR) is 92.2 cm³/mol. The summed E-state index contributed by atoms with van der Waals surface area (Å²) in [5, 5.41) is 4.75. The maximum absolute atomic E-state index is 4.48. The van der Waals surface area contributed by atoms with Crippen LogP contribution in [0.5, 0.6) is 0 Å². The highest BCUT2D eigenvalue weighted by atomic mass is 15.1. The van der Waals surface area contributed by atoms with Gasteiger partial charge >= 0.3 is 0 Å². The molecule has 1 aliphatic carbocycles. The minimum Gasteiger partial charge on any atom is -0.369 e. The summed E-state index contributed by atoms with van der Waals surface area (Å²) in [4.78, 5) is 11.2. The SMILES string of the molecule is Cc1cccc2c(NCC3(CN(C)C)CCCC3)ncnc12. The average Bonchev–Trinajstić information content (AvgIpc) is 2.94. The van der Waals surface area contributed by atoms with Crippen LogP contribution in [0.25, 0.3) is 10.9 Å². The van der Waals surface area contributed by atoms with Crippen LogP contribution < -0.4 is 5.32 Å². The Morgan fingerprint density at radius 3 is 2.68 bits per heavy atom. The fraction of sp³-hybridized carbons (Fsp3) is 0.556. The van der Waals surface area contributed by atoms with Crippen molar-refractivity contribution in [2.75, 3.05) is 32.5 Å². The first kappa shape index (κ1) is 15.2. The van der Waals surface area contributed by atoms with Crippen LogP contribution in [0.2, 0.25) is 0 Å². The van der Waals surface area contributed by atoms with Gasteiger partial charge in [0.2, 0.25) is 0 Å². The molecule has 1 aromatic carbocycles. The van der Waals surface area contributed by atoms with Gasteiger partial charge in [-0.1, -0.05) is 25.0 Å². The number of benzene rings is 1. The second kappa shape index (κ2) is 6.21. The summed E-state index contributed by atoms with van der Waals surface area (Å²) in [5.41, 5.74) is 2.63. The molecule has 0 amide bonds. The summed E-state index contributed by atoms with van der Waals surface area (Å²) in [7, 11) is 4.34. The van der Waals surface area contributed by atoms with Gasteiger partial charge in [-0.15, -0.1) is 0 Å². The van der Waals surface area contributed by atoms with Crippen LogP contribution in [0.15, 0.2) is 24.5 Å². The van der Waals surface area contributed by atoms with E-state index in [1.54, 1.807) is 6.33 Å². The lowest BCUT2D eigenvalue weighted by atomic mass is 9.85. The zero-order valence-electron chi connectivity index (χ0n) is 13.9. The van der Waals surface area contributed by atoms with Crippen molar-refractivity contribution in [3.05, 3.63) is 30.1 Å². The molecule has 0 unspecified atom stereocenters. The third-order valence-electron chi connectivity index (χ3n) is 4.81. The molecule has 1 N–H and O–H groups in total. The number of hydrogen-bond donors (Lipinski definition) is 1. The molecule has 4 nitrogen and oxygen atoms in total. The summed E-state index contributed by atoms with van der Waals surface area (Å²) < 4.78 is 0. The summed E-state index contributed by atoms with van der Waals surface area (Å²) >= 11 is 0. The van der Waals surface area contributed by atoms with Gasteiger partial charge in [-0.2, -0.15) is 0 Å². The summed E-state index contributed by atoms with van der Waals surface area (Å²) in [5.74, 6) is 0.971. The van der Waals surface area contributed by atoms with Crippen molar-refractivity contribution in [2.45, 2.75) is 32.6 Å². The number of anilines is 1. The molecule has 1 aromatic heterocycles. The standard InChI is InChI=1S/C18H26N4/c1-14-7-6-8-15-16(14)20-13-21-17(15)19-11-18(12-22(2)3)9-4-5-10-18/h6-8,13H,4-5,9-12H2,1-3H3,(H,19,20,21). The first-order valence-corrected chi connectivity index (χ1v) is 8.19. The van der Waals surface area contributed by atoms with E-state index in [2.05, 4.69) is 59.4 Å². The summed E-state index contributed by atoms with van der Waals surface area (Å²) in [6, 6.07) is 6.29. The molecule has 1 fully saturated rings. The largest absolute Gasteiger partial charge is 0.369 e. The van der Waals surface area contributed by atoms with E-state index in [-0.39, 0.29) is 0 Å². The van der Waals surface area contributed by atoms with Crippen molar-refractivity contribution in [3.8, 4) is 0 Å². The van der Waals surface area contributed by atoms with Gasteiger partial charge in [-0.25, -0.2) is 9.97 Å². The molecule has 4 heteroatoms. The lowest BCUT2D eigenvalue weighted by Crippen LogP contribution is -2.37. The van der Waals surface area contributed by atoms with E-state index >= 15 is 0 Å². The van der Waals surface area contributed by atoms with Gasteiger partial charge in [0, 0.05) is 23.9 Å². The zero-order chi connectivity index (χ0) is 15.6. The van der Waals surface area contributed by atoms with Gasteiger partial charge in [0.15, 0.2) is 0 Å². The molecule has 1 aliphatic rings. The van der Waals surface area contributed by atoms with E-state index < -0.39 is 0 Å². The van der Waals surface area contributed by atoms with E-state index in [0.29, 0.717) is 5.41 Å². The number of fused-ring (bicyclic) bond motifs is 1. The van der Waals surface area contributed by atoms with Gasteiger partial charge < -0.3 is 10.2 Å². The first-order valence-electron chi connectivity index (χ1n) is 8.19. The van der Waals surface area contributed by atoms with Crippen LogP contribution in [0.4, 0.5) is 5.82 Å². The lowest BCUT2D eigenvalue weighted by Gasteiger charge is -2.32. The summed E-state index contributed by atoms with van der Waals surface area (Å²) in [6.45, 7) is 4.23. The Balaban J connectivity index is 1.82. The highest BCUT2D eigenvalue weighted by Crippen LogP contribution is 2.39. The van der Waals surface area contributed by atoms with Crippen LogP contribution in [0.1, 0.15) is 31.2 Å². The molecular weight excluding hydrogens is 272 g/mol. The number of rotatable bonds is 5. The van der Waals surface area contributed by atoms with Crippen molar-refractivity contribution in [3.63, 3.8) is 0 Å². The van der Waals surface area contributed by atoms with Gasteiger partial charge in [-0.05, 0) is 45.5 Å².